The molecule has 4 nitrogen and oxygen atoms in total. The third-order valence-corrected chi connectivity index (χ3v) is 4.63. The van der Waals surface area contributed by atoms with Crippen molar-refractivity contribution >= 4 is 17.7 Å². The van der Waals surface area contributed by atoms with Gasteiger partial charge in [0, 0.05) is 11.3 Å². The van der Waals surface area contributed by atoms with Crippen LogP contribution in [-0.2, 0) is 10.5 Å². The molecule has 17 heavy (non-hydrogen) atoms. The first kappa shape index (κ1) is 12.5. The Morgan fingerprint density at radius 3 is 2.71 bits per heavy atom. The number of thioether (sulfide) groups is 1. The molecule has 1 aromatic heterocycles. The van der Waals surface area contributed by atoms with E-state index in [9.17, 15) is 4.79 Å². The molecule has 1 N–H and O–H groups in total. The smallest absolute Gasteiger partial charge is 0.303 e. The van der Waals surface area contributed by atoms with E-state index in [2.05, 4.69) is 5.16 Å². The van der Waals surface area contributed by atoms with Crippen molar-refractivity contribution in [2.75, 3.05) is 5.75 Å². The number of carboxylic acid groups (broad SMARTS) is 1. The van der Waals surface area contributed by atoms with Crippen LogP contribution in [0.5, 0.6) is 0 Å². The van der Waals surface area contributed by atoms with Crippen molar-refractivity contribution in [3.05, 3.63) is 17.0 Å². The molecule has 1 heterocycles. The van der Waals surface area contributed by atoms with E-state index in [0.717, 1.165) is 41.4 Å². The van der Waals surface area contributed by atoms with Crippen molar-refractivity contribution in [2.24, 2.45) is 5.41 Å². The van der Waals surface area contributed by atoms with Gasteiger partial charge in [-0.2, -0.15) is 11.8 Å². The molecule has 1 aliphatic carbocycles. The van der Waals surface area contributed by atoms with Crippen LogP contribution < -0.4 is 0 Å². The molecule has 0 radical (unpaired) electrons. The Kier molecular flexibility index (Phi) is 3.47. The molecule has 1 aliphatic rings. The van der Waals surface area contributed by atoms with E-state index >= 15 is 0 Å². The summed E-state index contributed by atoms with van der Waals surface area (Å²) in [5.74, 6) is 1.98. The van der Waals surface area contributed by atoms with E-state index in [-0.39, 0.29) is 5.41 Å². The van der Waals surface area contributed by atoms with E-state index in [1.165, 1.54) is 0 Å². The number of hydrogen-bond acceptors (Lipinski definition) is 4. The maximum absolute atomic E-state index is 10.7. The average molecular weight is 255 g/mol. The summed E-state index contributed by atoms with van der Waals surface area (Å²) in [5, 5.41) is 12.7. The molecule has 0 aliphatic heterocycles. The topological polar surface area (TPSA) is 63.3 Å². The van der Waals surface area contributed by atoms with Gasteiger partial charge in [0.25, 0.3) is 0 Å². The summed E-state index contributed by atoms with van der Waals surface area (Å²) in [6, 6.07) is 0. The fourth-order valence-electron chi connectivity index (χ4n) is 1.95. The van der Waals surface area contributed by atoms with Gasteiger partial charge in [-0.3, -0.25) is 4.79 Å². The van der Waals surface area contributed by atoms with Crippen molar-refractivity contribution in [1.82, 2.24) is 5.16 Å². The normalized spacial score (nSPS) is 17.1. The maximum Gasteiger partial charge on any atom is 0.303 e. The molecule has 2 rings (SSSR count). The molecule has 5 heteroatoms. The quantitative estimate of drug-likeness (QED) is 0.846. The summed E-state index contributed by atoms with van der Waals surface area (Å²) in [7, 11) is 0. The minimum Gasteiger partial charge on any atom is -0.481 e. The van der Waals surface area contributed by atoms with Gasteiger partial charge in [-0.05, 0) is 37.9 Å². The molecule has 0 atom stereocenters. The molecule has 0 amide bonds. The lowest BCUT2D eigenvalue weighted by Gasteiger charge is -2.11. The Morgan fingerprint density at radius 2 is 2.24 bits per heavy atom. The highest BCUT2D eigenvalue weighted by atomic mass is 32.2. The number of carbonyl (C=O) groups is 1. The minimum atomic E-state index is -0.680. The predicted octanol–water partition coefficient (Wildman–Crippen LogP) is 2.78. The number of aromatic nitrogens is 1. The molecule has 94 valence electrons. The summed E-state index contributed by atoms with van der Waals surface area (Å²) in [5.41, 5.74) is 2.16. The first-order valence-electron chi connectivity index (χ1n) is 5.74. The second kappa shape index (κ2) is 4.72. The molecular formula is C12H17NO3S. The lowest BCUT2D eigenvalue weighted by molar-refractivity contribution is -0.138. The van der Waals surface area contributed by atoms with E-state index in [0.29, 0.717) is 6.42 Å². The first-order chi connectivity index (χ1) is 8.02. The van der Waals surface area contributed by atoms with Gasteiger partial charge in [-0.25, -0.2) is 0 Å². The van der Waals surface area contributed by atoms with Gasteiger partial charge in [0.2, 0.25) is 0 Å². The van der Waals surface area contributed by atoms with Gasteiger partial charge < -0.3 is 9.63 Å². The van der Waals surface area contributed by atoms with Gasteiger partial charge in [0.1, 0.15) is 5.76 Å². The van der Waals surface area contributed by atoms with Crippen molar-refractivity contribution in [3.63, 3.8) is 0 Å². The zero-order chi connectivity index (χ0) is 12.5. The molecular weight excluding hydrogens is 238 g/mol. The van der Waals surface area contributed by atoms with Gasteiger partial charge in [0.05, 0.1) is 12.1 Å². The van der Waals surface area contributed by atoms with E-state index < -0.39 is 5.97 Å². The van der Waals surface area contributed by atoms with Crippen LogP contribution >= 0.6 is 11.8 Å². The lowest BCUT2D eigenvalue weighted by atomic mass is 10.1. The van der Waals surface area contributed by atoms with Crippen LogP contribution in [-0.4, -0.2) is 22.0 Å². The van der Waals surface area contributed by atoms with Gasteiger partial charge in [-0.15, -0.1) is 0 Å². The molecule has 1 fully saturated rings. The highest BCUT2D eigenvalue weighted by molar-refractivity contribution is 7.98. The summed E-state index contributed by atoms with van der Waals surface area (Å²) >= 11 is 1.79. The zero-order valence-corrected chi connectivity index (χ0v) is 11.0. The number of aliphatic carboxylic acids is 1. The van der Waals surface area contributed by atoms with Gasteiger partial charge >= 0.3 is 5.97 Å². The number of aryl methyl sites for hydroxylation is 2. The SMILES string of the molecule is Cc1noc(C)c1CSCC1(CC(=O)O)CC1. The predicted molar refractivity (Wildman–Crippen MR) is 66.1 cm³/mol. The Balaban J connectivity index is 1.82. The standard InChI is InChI=1S/C12H17NO3S/c1-8-10(9(2)16-13-8)6-17-7-12(3-4-12)5-11(14)15/h3-7H2,1-2H3,(H,14,15). The number of rotatable bonds is 6. The second-order valence-electron chi connectivity index (χ2n) is 4.87. The van der Waals surface area contributed by atoms with Crippen molar-refractivity contribution in [3.8, 4) is 0 Å². The number of carboxylic acids is 1. The van der Waals surface area contributed by atoms with Gasteiger partial charge in [0.15, 0.2) is 0 Å². The van der Waals surface area contributed by atoms with Gasteiger partial charge in [-0.1, -0.05) is 5.16 Å². The Hall–Kier alpha value is -0.970. The molecule has 0 unspecified atom stereocenters. The fraction of sp³-hybridized carbons (Fsp3) is 0.667. The van der Waals surface area contributed by atoms with Crippen molar-refractivity contribution < 1.29 is 14.4 Å². The van der Waals surface area contributed by atoms with Crippen LogP contribution in [0.2, 0.25) is 0 Å². The lowest BCUT2D eigenvalue weighted by Crippen LogP contribution is -2.11. The van der Waals surface area contributed by atoms with Crippen LogP contribution in [0.3, 0.4) is 0 Å². The Morgan fingerprint density at radius 1 is 1.53 bits per heavy atom. The van der Waals surface area contributed by atoms with E-state index in [1.54, 1.807) is 11.8 Å². The molecule has 1 saturated carbocycles. The van der Waals surface area contributed by atoms with Crippen LogP contribution in [0, 0.1) is 19.3 Å². The monoisotopic (exact) mass is 255 g/mol. The summed E-state index contributed by atoms with van der Waals surface area (Å²) < 4.78 is 5.10. The zero-order valence-electron chi connectivity index (χ0n) is 10.2. The molecule has 0 spiro atoms. The summed E-state index contributed by atoms with van der Waals surface area (Å²) in [6.45, 7) is 3.86. The van der Waals surface area contributed by atoms with Crippen molar-refractivity contribution in [1.29, 1.82) is 0 Å². The van der Waals surface area contributed by atoms with E-state index in [4.69, 9.17) is 9.63 Å². The Bertz CT molecular complexity index is 404. The van der Waals surface area contributed by atoms with Crippen LogP contribution in [0.25, 0.3) is 0 Å². The Labute approximate surface area is 105 Å². The average Bonchev–Trinajstić information content (AvgIpc) is 2.92. The summed E-state index contributed by atoms with van der Waals surface area (Å²) in [4.78, 5) is 10.7. The molecule has 0 bridgehead atoms. The number of hydrogen-bond donors (Lipinski definition) is 1. The van der Waals surface area contributed by atoms with Crippen LogP contribution in [0.4, 0.5) is 0 Å². The minimum absolute atomic E-state index is 0.0650. The third-order valence-electron chi connectivity index (χ3n) is 3.32. The second-order valence-corrected chi connectivity index (χ2v) is 5.85. The molecule has 1 aromatic rings. The third kappa shape index (κ3) is 3.03. The summed E-state index contributed by atoms with van der Waals surface area (Å²) in [6.07, 6.45) is 2.41. The van der Waals surface area contributed by atoms with E-state index in [1.807, 2.05) is 13.8 Å². The molecule has 0 aromatic carbocycles. The van der Waals surface area contributed by atoms with Crippen LogP contribution in [0.1, 0.15) is 36.3 Å². The van der Waals surface area contributed by atoms with Crippen molar-refractivity contribution in [2.45, 2.75) is 38.9 Å². The highest BCUT2D eigenvalue weighted by Crippen LogP contribution is 2.51. The maximum atomic E-state index is 10.7. The highest BCUT2D eigenvalue weighted by Gasteiger charge is 2.44. The first-order valence-corrected chi connectivity index (χ1v) is 6.89. The van der Waals surface area contributed by atoms with Crippen LogP contribution in [0.15, 0.2) is 4.52 Å². The fourth-order valence-corrected chi connectivity index (χ4v) is 3.49. The largest absolute Gasteiger partial charge is 0.481 e. The molecule has 0 saturated heterocycles. The number of nitrogens with zero attached hydrogens (tertiary/aromatic N) is 1.